The Balaban J connectivity index is 1.46. The van der Waals surface area contributed by atoms with Crippen molar-refractivity contribution in [3.63, 3.8) is 0 Å². The third-order valence-electron chi connectivity index (χ3n) is 7.70. The third-order valence-corrected chi connectivity index (χ3v) is 8.24. The van der Waals surface area contributed by atoms with Gasteiger partial charge in [0.05, 0.1) is 30.7 Å². The van der Waals surface area contributed by atoms with Gasteiger partial charge in [-0.25, -0.2) is 4.39 Å². The molecule has 3 aliphatic rings. The summed E-state index contributed by atoms with van der Waals surface area (Å²) in [5, 5.41) is 16.3. The molecule has 3 saturated heterocycles. The van der Waals surface area contributed by atoms with Crippen LogP contribution in [0.15, 0.2) is 4.60 Å². The summed E-state index contributed by atoms with van der Waals surface area (Å²) >= 11 is 3.58. The van der Waals surface area contributed by atoms with Gasteiger partial charge >= 0.3 is 6.01 Å². The number of ether oxygens (including phenoxy) is 2. The lowest BCUT2D eigenvalue weighted by molar-refractivity contribution is -0.0123. The zero-order valence-corrected chi connectivity index (χ0v) is 21.9. The second-order valence-electron chi connectivity index (χ2n) is 10.5. The van der Waals surface area contributed by atoms with Crippen molar-refractivity contribution in [2.45, 2.75) is 43.5 Å². The van der Waals surface area contributed by atoms with Crippen molar-refractivity contribution in [3.05, 3.63) is 4.60 Å². The maximum absolute atomic E-state index is 14.3. The first-order valence-corrected chi connectivity index (χ1v) is 12.9. The topological polar surface area (TPSA) is 93.7 Å². The Bertz CT molecular complexity index is 1290. The molecule has 0 radical (unpaired) electrons. The van der Waals surface area contributed by atoms with Gasteiger partial charge in [0.15, 0.2) is 10.3 Å². The highest BCUT2D eigenvalue weighted by Gasteiger charge is 2.49. The molecule has 3 fully saturated rings. The van der Waals surface area contributed by atoms with Crippen LogP contribution in [0, 0.1) is 0 Å². The largest absolute Gasteiger partial charge is 0.461 e. The van der Waals surface area contributed by atoms with E-state index in [-0.39, 0.29) is 18.2 Å². The summed E-state index contributed by atoms with van der Waals surface area (Å²) in [4.78, 5) is 13.9. The minimum absolute atomic E-state index is 0.255. The molecule has 0 unspecified atom stereocenters. The molecule has 190 valence electrons. The molecule has 10 nitrogen and oxygen atoms in total. The quantitative estimate of drug-likeness (QED) is 0.527. The number of aromatic nitrogens is 5. The number of β-amino-alcohol motifs (C(OH)–C–C–N with tert-alkyl or cyclic N) is 1. The van der Waals surface area contributed by atoms with Gasteiger partial charge in [-0.3, -0.25) is 9.58 Å². The molecule has 1 N–H and O–H groups in total. The second-order valence-corrected chi connectivity index (χ2v) is 11.3. The Morgan fingerprint density at radius 2 is 2.09 bits per heavy atom. The molecule has 0 bridgehead atoms. The summed E-state index contributed by atoms with van der Waals surface area (Å²) in [6, 6.07) is 0.260. The minimum Gasteiger partial charge on any atom is -0.461 e. The standard InChI is InChI=1S/C23H31BrFN7O3/c1-22(33)11-31(7-8-34-12-22)20-15-16-17(18(24)28-30(16)3)29(2)19(15)26-21(27-20)35-13-23-5-4-6-32(23)10-14(25)9-23/h14,33H,4-13H2,1-3H3/t14-,22+,23+/m1/s1. The summed E-state index contributed by atoms with van der Waals surface area (Å²) in [5.41, 5.74) is 1.21. The lowest BCUT2D eigenvalue weighted by Crippen LogP contribution is -2.44. The van der Waals surface area contributed by atoms with E-state index in [1.165, 1.54) is 0 Å². The Hall–Kier alpha value is -2.02. The molecule has 3 aromatic heterocycles. The van der Waals surface area contributed by atoms with Gasteiger partial charge < -0.3 is 24.0 Å². The molecule has 0 amide bonds. The molecule has 3 aromatic rings. The summed E-state index contributed by atoms with van der Waals surface area (Å²) in [7, 11) is 3.84. The van der Waals surface area contributed by atoms with Gasteiger partial charge in [0.25, 0.3) is 0 Å². The average molecular weight is 552 g/mol. The number of halogens is 2. The molecule has 0 aromatic carbocycles. The highest BCUT2D eigenvalue weighted by atomic mass is 79.9. The van der Waals surface area contributed by atoms with Crippen LogP contribution in [0.2, 0.25) is 0 Å². The number of rotatable bonds is 4. The van der Waals surface area contributed by atoms with E-state index in [2.05, 4.69) is 25.9 Å². The van der Waals surface area contributed by atoms with Gasteiger partial charge in [0.2, 0.25) is 0 Å². The first-order valence-electron chi connectivity index (χ1n) is 12.1. The number of nitrogens with zero attached hydrogens (tertiary/aromatic N) is 7. The summed E-state index contributed by atoms with van der Waals surface area (Å²) in [5.74, 6) is 0.674. The number of anilines is 1. The lowest BCUT2D eigenvalue weighted by Gasteiger charge is -2.31. The first-order chi connectivity index (χ1) is 16.7. The van der Waals surface area contributed by atoms with Gasteiger partial charge in [-0.1, -0.05) is 0 Å². The van der Waals surface area contributed by atoms with Crippen molar-refractivity contribution in [1.29, 1.82) is 0 Å². The third kappa shape index (κ3) is 3.80. The summed E-state index contributed by atoms with van der Waals surface area (Å²) in [6.07, 6.45) is 1.64. The average Bonchev–Trinajstić information content (AvgIpc) is 3.45. The van der Waals surface area contributed by atoms with Crippen molar-refractivity contribution in [3.8, 4) is 6.01 Å². The van der Waals surface area contributed by atoms with Gasteiger partial charge in [0, 0.05) is 33.6 Å². The zero-order valence-electron chi connectivity index (χ0n) is 20.3. The van der Waals surface area contributed by atoms with Gasteiger partial charge in [0.1, 0.15) is 35.2 Å². The molecular formula is C23H31BrFN7O3. The summed E-state index contributed by atoms with van der Waals surface area (Å²) < 4.78 is 30.7. The van der Waals surface area contributed by atoms with Crippen LogP contribution in [0.3, 0.4) is 0 Å². The predicted molar refractivity (Wildman–Crippen MR) is 133 cm³/mol. The Morgan fingerprint density at radius 3 is 2.91 bits per heavy atom. The van der Waals surface area contributed by atoms with Crippen molar-refractivity contribution in [1.82, 2.24) is 29.2 Å². The van der Waals surface area contributed by atoms with E-state index in [1.54, 1.807) is 6.92 Å². The normalized spacial score (nSPS) is 29.9. The number of fused-ring (bicyclic) bond motifs is 4. The fourth-order valence-corrected chi connectivity index (χ4v) is 6.85. The predicted octanol–water partition coefficient (Wildman–Crippen LogP) is 2.16. The fourth-order valence-electron chi connectivity index (χ4n) is 6.16. The maximum atomic E-state index is 14.3. The van der Waals surface area contributed by atoms with Crippen LogP contribution in [-0.2, 0) is 18.8 Å². The van der Waals surface area contributed by atoms with E-state index >= 15 is 0 Å². The van der Waals surface area contributed by atoms with Gasteiger partial charge in [-0.15, -0.1) is 0 Å². The molecule has 0 aliphatic carbocycles. The van der Waals surface area contributed by atoms with Crippen molar-refractivity contribution in [2.75, 3.05) is 50.9 Å². The van der Waals surface area contributed by atoms with Crippen LogP contribution < -0.4 is 9.64 Å². The Morgan fingerprint density at radius 1 is 1.26 bits per heavy atom. The van der Waals surface area contributed by atoms with Gasteiger partial charge in [-0.2, -0.15) is 15.1 Å². The van der Waals surface area contributed by atoms with E-state index < -0.39 is 11.8 Å². The molecule has 0 spiro atoms. The number of alkyl halides is 1. The van der Waals surface area contributed by atoms with Crippen molar-refractivity contribution >= 4 is 43.8 Å². The maximum Gasteiger partial charge on any atom is 0.320 e. The molecule has 12 heteroatoms. The highest BCUT2D eigenvalue weighted by molar-refractivity contribution is 9.10. The highest BCUT2D eigenvalue weighted by Crippen LogP contribution is 2.41. The van der Waals surface area contributed by atoms with Crippen LogP contribution in [0.5, 0.6) is 6.01 Å². The van der Waals surface area contributed by atoms with Crippen LogP contribution in [0.4, 0.5) is 10.2 Å². The molecular weight excluding hydrogens is 521 g/mol. The van der Waals surface area contributed by atoms with E-state index in [1.807, 2.05) is 28.2 Å². The van der Waals surface area contributed by atoms with Crippen molar-refractivity contribution in [2.24, 2.45) is 14.1 Å². The van der Waals surface area contributed by atoms with Crippen LogP contribution in [0.1, 0.15) is 26.2 Å². The number of aliphatic hydroxyl groups is 1. The molecule has 0 saturated carbocycles. The first kappa shape index (κ1) is 23.4. The smallest absolute Gasteiger partial charge is 0.320 e. The van der Waals surface area contributed by atoms with E-state index in [4.69, 9.17) is 19.4 Å². The monoisotopic (exact) mass is 551 g/mol. The molecule has 6 heterocycles. The molecule has 35 heavy (non-hydrogen) atoms. The SMILES string of the molecule is Cn1nc(Br)c2c1c1c(N3CCOC[C@@](C)(O)C3)nc(OC[C@@]34CCCN3C[C@H](F)C4)nc1n2C. The lowest BCUT2D eigenvalue weighted by atomic mass is 9.95. The fraction of sp³-hybridized carbons (Fsp3) is 0.696. The zero-order chi connectivity index (χ0) is 24.5. The van der Waals surface area contributed by atoms with Crippen LogP contribution in [-0.4, -0.2) is 97.6 Å². The van der Waals surface area contributed by atoms with E-state index in [0.29, 0.717) is 50.7 Å². The number of hydrogen-bond donors (Lipinski definition) is 1. The Labute approximate surface area is 211 Å². The van der Waals surface area contributed by atoms with Gasteiger partial charge in [-0.05, 0) is 42.2 Å². The Kier molecular flexibility index (Phi) is 5.51. The number of aryl methyl sites for hydroxylation is 2. The molecule has 3 atom stereocenters. The minimum atomic E-state index is -1.03. The summed E-state index contributed by atoms with van der Waals surface area (Å²) in [6.45, 7) is 5.15. The van der Waals surface area contributed by atoms with Crippen LogP contribution in [0.25, 0.3) is 22.1 Å². The molecule has 3 aliphatic heterocycles. The number of hydrogen-bond acceptors (Lipinski definition) is 8. The molecule has 6 rings (SSSR count). The van der Waals surface area contributed by atoms with E-state index in [9.17, 15) is 9.50 Å². The van der Waals surface area contributed by atoms with E-state index in [0.717, 1.165) is 40.4 Å². The van der Waals surface area contributed by atoms with Crippen LogP contribution >= 0.6 is 15.9 Å². The van der Waals surface area contributed by atoms with Crippen molar-refractivity contribution < 1.29 is 19.0 Å². The second kappa shape index (κ2) is 8.25.